The molecule has 18 heavy (non-hydrogen) atoms. The molecule has 1 atom stereocenters. The molecule has 1 aromatic rings. The van der Waals surface area contributed by atoms with Gasteiger partial charge in [0.2, 0.25) is 0 Å². The van der Waals surface area contributed by atoms with Gasteiger partial charge in [-0.1, -0.05) is 36.8 Å². The molecule has 1 N–H and O–H groups in total. The van der Waals surface area contributed by atoms with Crippen molar-refractivity contribution in [2.24, 2.45) is 0 Å². The summed E-state index contributed by atoms with van der Waals surface area (Å²) in [5, 5.41) is 3.59. The molecule has 0 heterocycles. The number of rotatable bonds is 7. The molecule has 0 saturated carbocycles. The van der Waals surface area contributed by atoms with E-state index < -0.39 is 0 Å². The largest absolute Gasteiger partial charge is 0.313 e. The monoisotopic (exact) mass is 243 g/mol. The average Bonchev–Trinajstić information content (AvgIpc) is 2.38. The maximum atomic E-state index is 3.59. The molecule has 1 rings (SSSR count). The number of hydrogen-bond donors (Lipinski definition) is 1. The van der Waals surface area contributed by atoms with E-state index in [0.717, 1.165) is 25.8 Å². The van der Waals surface area contributed by atoms with Crippen LogP contribution in [0.15, 0.2) is 24.3 Å². The highest BCUT2D eigenvalue weighted by Crippen LogP contribution is 2.09. The Balaban J connectivity index is 2.46. The van der Waals surface area contributed by atoms with E-state index in [0.29, 0.717) is 6.04 Å². The molecule has 1 unspecified atom stereocenters. The summed E-state index contributed by atoms with van der Waals surface area (Å²) >= 11 is 0. The predicted molar refractivity (Wildman–Crippen MR) is 79.6 cm³/mol. The van der Waals surface area contributed by atoms with Crippen LogP contribution in [0.4, 0.5) is 0 Å². The van der Waals surface area contributed by atoms with Crippen LogP contribution in [-0.4, -0.2) is 12.6 Å². The molecule has 1 heteroatoms. The summed E-state index contributed by atoms with van der Waals surface area (Å²) in [5.74, 6) is 6.18. The van der Waals surface area contributed by atoms with Crippen molar-refractivity contribution in [3.8, 4) is 11.8 Å². The Hall–Kier alpha value is -1.26. The molecule has 0 aliphatic carbocycles. The van der Waals surface area contributed by atoms with Crippen LogP contribution < -0.4 is 5.32 Å². The summed E-state index contributed by atoms with van der Waals surface area (Å²) in [6.45, 7) is 7.36. The third-order valence-corrected chi connectivity index (χ3v) is 3.07. The van der Waals surface area contributed by atoms with Crippen LogP contribution in [-0.2, 0) is 6.42 Å². The van der Waals surface area contributed by atoms with E-state index >= 15 is 0 Å². The molecule has 0 spiro atoms. The van der Waals surface area contributed by atoms with E-state index in [1.54, 1.807) is 0 Å². The van der Waals surface area contributed by atoms with Crippen molar-refractivity contribution < 1.29 is 0 Å². The Labute approximate surface area is 112 Å². The highest BCUT2D eigenvalue weighted by Gasteiger charge is 2.06. The van der Waals surface area contributed by atoms with E-state index in [9.17, 15) is 0 Å². The van der Waals surface area contributed by atoms with Crippen LogP contribution in [0.3, 0.4) is 0 Å². The first kappa shape index (κ1) is 14.8. The van der Waals surface area contributed by atoms with Crippen molar-refractivity contribution in [2.45, 2.75) is 52.5 Å². The van der Waals surface area contributed by atoms with Crippen molar-refractivity contribution in [1.29, 1.82) is 0 Å². The second-order valence-electron chi connectivity index (χ2n) is 4.81. The molecule has 0 aliphatic heterocycles. The molecule has 1 aromatic carbocycles. The van der Waals surface area contributed by atoms with Gasteiger partial charge < -0.3 is 5.32 Å². The van der Waals surface area contributed by atoms with E-state index in [2.05, 4.69) is 55.3 Å². The number of benzene rings is 1. The average molecular weight is 243 g/mol. The highest BCUT2D eigenvalue weighted by atomic mass is 14.9. The van der Waals surface area contributed by atoms with Gasteiger partial charge in [0.25, 0.3) is 0 Å². The lowest BCUT2D eigenvalue weighted by molar-refractivity contribution is 0.488. The summed E-state index contributed by atoms with van der Waals surface area (Å²) in [7, 11) is 0. The third kappa shape index (κ3) is 5.89. The zero-order chi connectivity index (χ0) is 13.2. The molecule has 0 bridgehead atoms. The molecule has 0 aromatic heterocycles. The fraction of sp³-hybridized carbons (Fsp3) is 0.529. The maximum Gasteiger partial charge on any atom is 0.0243 e. The molecule has 1 nitrogen and oxygen atoms in total. The second kappa shape index (κ2) is 8.78. The minimum absolute atomic E-state index is 0.526. The zero-order valence-electron chi connectivity index (χ0n) is 11.9. The lowest BCUT2D eigenvalue weighted by Crippen LogP contribution is -2.29. The number of nitrogens with one attached hydrogen (secondary N) is 1. The van der Waals surface area contributed by atoms with E-state index in [1.165, 1.54) is 17.5 Å². The normalized spacial score (nSPS) is 11.7. The first-order valence-corrected chi connectivity index (χ1v) is 6.94. The Morgan fingerprint density at radius 2 is 2.17 bits per heavy atom. The van der Waals surface area contributed by atoms with Gasteiger partial charge in [-0.15, -0.1) is 11.8 Å². The summed E-state index contributed by atoms with van der Waals surface area (Å²) in [6, 6.07) is 9.32. The first-order valence-electron chi connectivity index (χ1n) is 6.94. The number of aryl methyl sites for hydroxylation is 2. The molecule has 0 radical (unpaired) electrons. The van der Waals surface area contributed by atoms with Crippen LogP contribution in [0.1, 0.15) is 44.2 Å². The van der Waals surface area contributed by atoms with E-state index in [1.807, 2.05) is 6.92 Å². The smallest absolute Gasteiger partial charge is 0.0243 e. The molecule has 98 valence electrons. The Morgan fingerprint density at radius 3 is 2.83 bits per heavy atom. The van der Waals surface area contributed by atoms with Gasteiger partial charge in [0, 0.05) is 12.5 Å². The molecule has 0 fully saturated rings. The third-order valence-electron chi connectivity index (χ3n) is 3.07. The molecular weight excluding hydrogens is 218 g/mol. The first-order chi connectivity index (χ1) is 8.76. The second-order valence-corrected chi connectivity index (χ2v) is 4.81. The van der Waals surface area contributed by atoms with E-state index in [-0.39, 0.29) is 0 Å². The van der Waals surface area contributed by atoms with Crippen LogP contribution in [0.2, 0.25) is 0 Å². The van der Waals surface area contributed by atoms with Crippen LogP contribution in [0.25, 0.3) is 0 Å². The summed E-state index contributed by atoms with van der Waals surface area (Å²) in [5.41, 5.74) is 2.78. The van der Waals surface area contributed by atoms with Crippen LogP contribution in [0.5, 0.6) is 0 Å². The van der Waals surface area contributed by atoms with Gasteiger partial charge in [-0.25, -0.2) is 0 Å². The fourth-order valence-corrected chi connectivity index (χ4v) is 2.06. The summed E-state index contributed by atoms with van der Waals surface area (Å²) in [6.07, 6.45) is 4.44. The fourth-order valence-electron chi connectivity index (χ4n) is 2.06. The molecule has 0 saturated heterocycles. The number of hydrogen-bond acceptors (Lipinski definition) is 1. The Kier molecular flexibility index (Phi) is 7.22. The van der Waals surface area contributed by atoms with Gasteiger partial charge >= 0.3 is 0 Å². The molecule has 0 amide bonds. The highest BCUT2D eigenvalue weighted by molar-refractivity contribution is 5.22. The lowest BCUT2D eigenvalue weighted by Gasteiger charge is -2.16. The lowest BCUT2D eigenvalue weighted by atomic mass is 10.0. The van der Waals surface area contributed by atoms with Crippen molar-refractivity contribution in [2.75, 3.05) is 6.54 Å². The minimum atomic E-state index is 0.526. The van der Waals surface area contributed by atoms with Crippen molar-refractivity contribution in [3.05, 3.63) is 35.4 Å². The summed E-state index contributed by atoms with van der Waals surface area (Å²) in [4.78, 5) is 0. The minimum Gasteiger partial charge on any atom is -0.313 e. The zero-order valence-corrected chi connectivity index (χ0v) is 11.9. The summed E-state index contributed by atoms with van der Waals surface area (Å²) < 4.78 is 0. The van der Waals surface area contributed by atoms with Crippen molar-refractivity contribution >= 4 is 0 Å². The molecule has 0 aliphatic rings. The van der Waals surface area contributed by atoms with Gasteiger partial charge in [0.05, 0.1) is 0 Å². The van der Waals surface area contributed by atoms with Gasteiger partial charge in [0.15, 0.2) is 0 Å². The quantitative estimate of drug-likeness (QED) is 0.720. The SMILES string of the molecule is CC#CCC(CCc1cccc(C)c1)NCCC. The topological polar surface area (TPSA) is 12.0 Å². The standard InChI is InChI=1S/C17H25N/c1-4-6-10-17(18-13-5-2)12-11-16-9-7-8-15(3)14-16/h7-9,14,17-18H,5,10-13H2,1-3H3. The van der Waals surface area contributed by atoms with Crippen LogP contribution >= 0.6 is 0 Å². The van der Waals surface area contributed by atoms with Gasteiger partial charge in [0.1, 0.15) is 0 Å². The molecular formula is C17H25N. The Bertz CT molecular complexity index is 398. The van der Waals surface area contributed by atoms with E-state index in [4.69, 9.17) is 0 Å². The Morgan fingerprint density at radius 1 is 1.33 bits per heavy atom. The van der Waals surface area contributed by atoms with Crippen LogP contribution in [0, 0.1) is 18.8 Å². The van der Waals surface area contributed by atoms with Crippen molar-refractivity contribution in [1.82, 2.24) is 5.32 Å². The van der Waals surface area contributed by atoms with Crippen molar-refractivity contribution in [3.63, 3.8) is 0 Å². The predicted octanol–water partition coefficient (Wildman–Crippen LogP) is 3.71. The maximum absolute atomic E-state index is 3.59. The van der Waals surface area contributed by atoms with Gasteiger partial charge in [-0.2, -0.15) is 0 Å². The van der Waals surface area contributed by atoms with Gasteiger partial charge in [-0.3, -0.25) is 0 Å². The van der Waals surface area contributed by atoms with Gasteiger partial charge in [-0.05, 0) is 45.2 Å².